The third-order valence-electron chi connectivity index (χ3n) is 12.6. The van der Waals surface area contributed by atoms with E-state index in [2.05, 4.69) is 196 Å². The Labute approximate surface area is 325 Å². The summed E-state index contributed by atoms with van der Waals surface area (Å²) in [6, 6.07) is 67.2. The van der Waals surface area contributed by atoms with Gasteiger partial charge in [0, 0.05) is 16.2 Å². The topological polar surface area (TPSA) is 13.1 Å². The second-order valence-corrected chi connectivity index (χ2v) is 16.0. The number of fused-ring (bicyclic) bond motifs is 11. The molecule has 1 aliphatic rings. The zero-order valence-corrected chi connectivity index (χ0v) is 31.2. The van der Waals surface area contributed by atoms with Crippen molar-refractivity contribution in [2.75, 3.05) is 0 Å². The third kappa shape index (κ3) is 4.31. The van der Waals surface area contributed by atoms with E-state index < -0.39 is 0 Å². The van der Waals surface area contributed by atoms with Crippen molar-refractivity contribution < 1.29 is 4.42 Å². The van der Waals surface area contributed by atoms with Gasteiger partial charge in [-0.15, -0.1) is 0 Å². The lowest BCUT2D eigenvalue weighted by Crippen LogP contribution is -2.15. The van der Waals surface area contributed by atoms with Crippen molar-refractivity contribution in [2.45, 2.75) is 19.3 Å². The first-order chi connectivity index (χ1) is 27.5. The van der Waals surface area contributed by atoms with E-state index >= 15 is 0 Å². The molecule has 0 N–H and O–H groups in total. The summed E-state index contributed by atoms with van der Waals surface area (Å²) in [6.07, 6.45) is 0. The Kier molecular flexibility index (Phi) is 6.46. The summed E-state index contributed by atoms with van der Waals surface area (Å²) in [7, 11) is 0. The highest BCUT2D eigenvalue weighted by Crippen LogP contribution is 2.54. The van der Waals surface area contributed by atoms with Gasteiger partial charge in [0.1, 0.15) is 11.2 Å². The van der Waals surface area contributed by atoms with Crippen LogP contribution in [0, 0.1) is 0 Å². The fourth-order valence-electron chi connectivity index (χ4n) is 10.2. The van der Waals surface area contributed by atoms with Crippen LogP contribution in [-0.2, 0) is 5.41 Å². The van der Waals surface area contributed by atoms with E-state index in [4.69, 9.17) is 4.42 Å². The second-order valence-electron chi connectivity index (χ2n) is 16.0. The van der Waals surface area contributed by atoms with Gasteiger partial charge in [-0.25, -0.2) is 0 Å². The number of rotatable bonds is 3. The SMILES string of the molecule is CC1(C)c2ccccc2-c2cc(-c3ccc(-c4c5ccccc5c(-c5cccc6ccccc56)c5ccccc45)cc3)c3cc4c(cc3c21)oc1ccccc14. The molecule has 0 saturated heterocycles. The lowest BCUT2D eigenvalue weighted by molar-refractivity contribution is 0.663. The van der Waals surface area contributed by atoms with Gasteiger partial charge in [-0.3, -0.25) is 0 Å². The van der Waals surface area contributed by atoms with Gasteiger partial charge >= 0.3 is 0 Å². The Morgan fingerprint density at radius 2 is 0.911 bits per heavy atom. The normalized spacial score (nSPS) is 13.3. The highest BCUT2D eigenvalue weighted by Gasteiger charge is 2.37. The van der Waals surface area contributed by atoms with Crippen LogP contribution >= 0.6 is 0 Å². The number of hydrogen-bond donors (Lipinski definition) is 0. The van der Waals surface area contributed by atoms with Crippen LogP contribution in [0.15, 0.2) is 186 Å². The maximum absolute atomic E-state index is 6.50. The molecule has 0 saturated carbocycles. The van der Waals surface area contributed by atoms with Crippen LogP contribution in [0.5, 0.6) is 0 Å². The predicted molar refractivity (Wildman–Crippen MR) is 238 cm³/mol. The lowest BCUT2D eigenvalue weighted by atomic mass is 9.79. The highest BCUT2D eigenvalue weighted by atomic mass is 16.3. The molecule has 0 radical (unpaired) electrons. The molecule has 0 amide bonds. The number of benzene rings is 10. The smallest absolute Gasteiger partial charge is 0.136 e. The van der Waals surface area contributed by atoms with Gasteiger partial charge in [-0.2, -0.15) is 0 Å². The zero-order valence-electron chi connectivity index (χ0n) is 31.2. The average molecular weight is 713 g/mol. The molecule has 1 heterocycles. The molecule has 1 heteroatoms. The average Bonchev–Trinajstić information content (AvgIpc) is 3.72. The summed E-state index contributed by atoms with van der Waals surface area (Å²) < 4.78 is 6.50. The molecule has 0 aliphatic heterocycles. The van der Waals surface area contributed by atoms with Crippen molar-refractivity contribution in [1.29, 1.82) is 0 Å². The van der Waals surface area contributed by atoms with E-state index in [1.54, 1.807) is 0 Å². The first-order valence-corrected chi connectivity index (χ1v) is 19.6. The standard InChI is InChI=1S/C55H36O/c1-55(2)49-24-11-9-17-37(49)47-30-44(45-31-46-38-18-10-12-25-50(38)56-51(46)32-48(45)54(47)55)34-26-28-35(29-27-34)52-40-19-5-7-21-42(40)53(43-22-8-6-20-41(43)52)39-23-13-15-33-14-3-4-16-36(33)39/h3-32H,1-2H3. The first kappa shape index (κ1) is 31.4. The molecule has 0 atom stereocenters. The fourth-order valence-corrected chi connectivity index (χ4v) is 10.2. The minimum absolute atomic E-state index is 0.146. The van der Waals surface area contributed by atoms with Gasteiger partial charge < -0.3 is 4.42 Å². The summed E-state index contributed by atoms with van der Waals surface area (Å²) >= 11 is 0. The monoisotopic (exact) mass is 712 g/mol. The molecule has 0 spiro atoms. The molecule has 262 valence electrons. The lowest BCUT2D eigenvalue weighted by Gasteiger charge is -2.24. The second kappa shape index (κ2) is 11.5. The van der Waals surface area contributed by atoms with Crippen molar-refractivity contribution in [1.82, 2.24) is 0 Å². The van der Waals surface area contributed by atoms with E-state index in [-0.39, 0.29) is 5.41 Å². The van der Waals surface area contributed by atoms with Gasteiger partial charge in [-0.05, 0) is 123 Å². The van der Waals surface area contributed by atoms with Crippen molar-refractivity contribution >= 4 is 65.0 Å². The molecular formula is C55H36O. The zero-order chi connectivity index (χ0) is 37.1. The molecule has 1 nitrogen and oxygen atoms in total. The Morgan fingerprint density at radius 1 is 0.339 bits per heavy atom. The Balaban J connectivity index is 1.10. The van der Waals surface area contributed by atoms with Gasteiger partial charge in [0.25, 0.3) is 0 Å². The summed E-state index contributed by atoms with van der Waals surface area (Å²) in [5, 5.41) is 12.4. The van der Waals surface area contributed by atoms with Crippen LogP contribution in [0.4, 0.5) is 0 Å². The van der Waals surface area contributed by atoms with E-state index in [1.165, 1.54) is 98.7 Å². The largest absolute Gasteiger partial charge is 0.456 e. The van der Waals surface area contributed by atoms with E-state index in [1.807, 2.05) is 0 Å². The molecule has 56 heavy (non-hydrogen) atoms. The third-order valence-corrected chi connectivity index (χ3v) is 12.6. The Morgan fingerprint density at radius 3 is 1.66 bits per heavy atom. The highest BCUT2D eigenvalue weighted by molar-refractivity contribution is 6.24. The summed E-state index contributed by atoms with van der Waals surface area (Å²) in [5.74, 6) is 0. The fraction of sp³-hybridized carbons (Fsp3) is 0.0545. The number of furan rings is 1. The predicted octanol–water partition coefficient (Wildman–Crippen LogP) is 15.5. The molecule has 1 aromatic heterocycles. The van der Waals surface area contributed by atoms with E-state index in [0.29, 0.717) is 0 Å². The van der Waals surface area contributed by atoms with Crippen LogP contribution in [0.3, 0.4) is 0 Å². The van der Waals surface area contributed by atoms with Crippen LogP contribution in [0.25, 0.3) is 110 Å². The molecular weight excluding hydrogens is 677 g/mol. The minimum Gasteiger partial charge on any atom is -0.456 e. The van der Waals surface area contributed by atoms with Gasteiger partial charge in [0.2, 0.25) is 0 Å². The molecule has 0 bridgehead atoms. The molecule has 1 aliphatic carbocycles. The molecule has 0 unspecified atom stereocenters. The van der Waals surface area contributed by atoms with Crippen LogP contribution in [0.2, 0.25) is 0 Å². The summed E-state index contributed by atoms with van der Waals surface area (Å²) in [6.45, 7) is 4.74. The van der Waals surface area contributed by atoms with Gasteiger partial charge in [0.15, 0.2) is 0 Å². The molecule has 12 rings (SSSR count). The molecule has 11 aromatic rings. The van der Waals surface area contributed by atoms with Crippen LogP contribution in [-0.4, -0.2) is 0 Å². The first-order valence-electron chi connectivity index (χ1n) is 19.6. The van der Waals surface area contributed by atoms with Crippen molar-refractivity contribution in [3.05, 3.63) is 193 Å². The number of para-hydroxylation sites is 1. The van der Waals surface area contributed by atoms with Gasteiger partial charge in [0.05, 0.1) is 0 Å². The number of hydrogen-bond acceptors (Lipinski definition) is 1. The molecule has 10 aromatic carbocycles. The quantitative estimate of drug-likeness (QED) is 0.166. The summed E-state index contributed by atoms with van der Waals surface area (Å²) in [4.78, 5) is 0. The van der Waals surface area contributed by atoms with Crippen molar-refractivity contribution in [2.24, 2.45) is 0 Å². The maximum Gasteiger partial charge on any atom is 0.136 e. The Hall–Kier alpha value is -6.96. The van der Waals surface area contributed by atoms with Crippen molar-refractivity contribution in [3.8, 4) is 44.5 Å². The van der Waals surface area contributed by atoms with Gasteiger partial charge in [-0.1, -0.05) is 172 Å². The Bertz CT molecular complexity index is 3370. The summed E-state index contributed by atoms with van der Waals surface area (Å²) in [5.41, 5.74) is 14.6. The van der Waals surface area contributed by atoms with Crippen LogP contribution in [0.1, 0.15) is 25.0 Å². The van der Waals surface area contributed by atoms with E-state index in [9.17, 15) is 0 Å². The van der Waals surface area contributed by atoms with E-state index in [0.717, 1.165) is 21.9 Å². The molecule has 0 fully saturated rings. The minimum atomic E-state index is -0.146. The van der Waals surface area contributed by atoms with Crippen LogP contribution < -0.4 is 0 Å². The van der Waals surface area contributed by atoms with Crippen molar-refractivity contribution in [3.63, 3.8) is 0 Å². The maximum atomic E-state index is 6.50.